The predicted octanol–water partition coefficient (Wildman–Crippen LogP) is 3.70. The van der Waals surface area contributed by atoms with Gasteiger partial charge in [-0.3, -0.25) is 0 Å². The number of nitrogens with one attached hydrogen (secondary N) is 2. The van der Waals surface area contributed by atoms with E-state index in [1.54, 1.807) is 20.2 Å². The molecule has 0 spiro atoms. The molecule has 0 saturated heterocycles. The summed E-state index contributed by atoms with van der Waals surface area (Å²) in [6, 6.07) is 15.1. The molecule has 1 atom stereocenters. The maximum absolute atomic E-state index is 9.67. The topological polar surface area (TPSA) is 118 Å². The first-order valence-corrected chi connectivity index (χ1v) is 9.22. The molecule has 2 heterocycles. The Kier molecular flexibility index (Phi) is 5.53. The third-order valence-electron chi connectivity index (χ3n) is 4.16. The molecule has 2 aromatic carbocycles. The van der Waals surface area contributed by atoms with Crippen LogP contribution in [0.2, 0.25) is 0 Å². The molecule has 1 unspecified atom stereocenters. The summed E-state index contributed by atoms with van der Waals surface area (Å²) in [5.41, 5.74) is 2.32. The average molecular weight is 404 g/mol. The molecule has 0 aliphatic rings. The molecule has 0 radical (unpaired) electrons. The van der Waals surface area contributed by atoms with E-state index in [1.165, 1.54) is 6.39 Å². The van der Waals surface area contributed by atoms with Gasteiger partial charge in [-0.25, -0.2) is 4.98 Å². The van der Waals surface area contributed by atoms with Crippen LogP contribution in [0.25, 0.3) is 22.7 Å². The quantitative estimate of drug-likeness (QED) is 0.396. The Hall–Kier alpha value is -3.98. The third-order valence-corrected chi connectivity index (χ3v) is 4.16. The highest BCUT2D eigenvalue weighted by Gasteiger charge is 2.13. The van der Waals surface area contributed by atoms with Gasteiger partial charge in [0.1, 0.15) is 12.0 Å². The fraction of sp³-hybridized carbons (Fsp3) is 0.143. The van der Waals surface area contributed by atoms with E-state index in [0.717, 1.165) is 11.1 Å². The van der Waals surface area contributed by atoms with Gasteiger partial charge in [0.05, 0.1) is 18.9 Å². The number of nitrogens with zero attached hydrogens (tertiary/aromatic N) is 4. The highest BCUT2D eigenvalue weighted by Crippen LogP contribution is 2.33. The van der Waals surface area contributed by atoms with Gasteiger partial charge >= 0.3 is 0 Å². The minimum Gasteiger partial charge on any atom is -0.496 e. The summed E-state index contributed by atoms with van der Waals surface area (Å²) in [6.45, 7) is 1.59. The van der Waals surface area contributed by atoms with Gasteiger partial charge in [0, 0.05) is 17.3 Å². The number of rotatable bonds is 7. The van der Waals surface area contributed by atoms with Gasteiger partial charge in [0.2, 0.25) is 11.9 Å². The van der Waals surface area contributed by atoms with Crippen molar-refractivity contribution in [2.75, 3.05) is 17.7 Å². The lowest BCUT2D eigenvalue weighted by atomic mass is 10.1. The summed E-state index contributed by atoms with van der Waals surface area (Å²) in [7, 11) is 1.58. The monoisotopic (exact) mass is 404 g/mol. The molecule has 152 valence electrons. The fourth-order valence-corrected chi connectivity index (χ4v) is 2.85. The maximum atomic E-state index is 9.67. The molecule has 30 heavy (non-hydrogen) atoms. The molecule has 3 N–H and O–H groups in total. The van der Waals surface area contributed by atoms with Crippen LogP contribution in [0.1, 0.15) is 6.92 Å². The van der Waals surface area contributed by atoms with Gasteiger partial charge in [0.25, 0.3) is 0 Å². The molecule has 4 aromatic rings. The van der Waals surface area contributed by atoms with E-state index in [4.69, 9.17) is 9.15 Å². The second kappa shape index (κ2) is 8.58. The smallest absolute Gasteiger partial charge is 0.232 e. The third kappa shape index (κ3) is 4.36. The van der Waals surface area contributed by atoms with Crippen molar-refractivity contribution in [1.29, 1.82) is 0 Å². The van der Waals surface area contributed by atoms with Crippen molar-refractivity contribution in [1.82, 2.24) is 19.9 Å². The lowest BCUT2D eigenvalue weighted by molar-refractivity contribution is 0.223. The molecule has 9 nitrogen and oxygen atoms in total. The number of hydrogen-bond donors (Lipinski definition) is 3. The van der Waals surface area contributed by atoms with Crippen LogP contribution in [-0.2, 0) is 0 Å². The summed E-state index contributed by atoms with van der Waals surface area (Å²) in [4.78, 5) is 17.2. The minimum atomic E-state index is -0.815. The first kappa shape index (κ1) is 19.3. The first-order chi connectivity index (χ1) is 14.6. The molecule has 0 saturated carbocycles. The fourth-order valence-electron chi connectivity index (χ4n) is 2.85. The summed E-state index contributed by atoms with van der Waals surface area (Å²) >= 11 is 0. The van der Waals surface area contributed by atoms with Crippen molar-refractivity contribution >= 4 is 17.6 Å². The van der Waals surface area contributed by atoms with E-state index < -0.39 is 6.23 Å². The Morgan fingerprint density at radius 2 is 1.83 bits per heavy atom. The second-order valence-corrected chi connectivity index (χ2v) is 6.40. The number of aliphatic hydroxyl groups is 1. The molecular weight excluding hydrogens is 384 g/mol. The number of methoxy groups -OCH3 is 1. The van der Waals surface area contributed by atoms with Crippen molar-refractivity contribution in [2.24, 2.45) is 0 Å². The van der Waals surface area contributed by atoms with Crippen LogP contribution in [0.5, 0.6) is 5.75 Å². The zero-order valence-electron chi connectivity index (χ0n) is 16.4. The van der Waals surface area contributed by atoms with E-state index in [0.29, 0.717) is 29.0 Å². The second-order valence-electron chi connectivity index (χ2n) is 6.40. The van der Waals surface area contributed by atoms with Crippen LogP contribution in [0.3, 0.4) is 0 Å². The number of aromatic nitrogens is 4. The number of anilines is 3. The minimum absolute atomic E-state index is 0.256. The van der Waals surface area contributed by atoms with Crippen molar-refractivity contribution in [3.8, 4) is 28.5 Å². The molecule has 0 aliphatic heterocycles. The van der Waals surface area contributed by atoms with Crippen LogP contribution in [-0.4, -0.2) is 38.4 Å². The predicted molar refractivity (Wildman–Crippen MR) is 112 cm³/mol. The van der Waals surface area contributed by atoms with E-state index in [2.05, 4.69) is 30.6 Å². The van der Waals surface area contributed by atoms with Crippen molar-refractivity contribution in [3.63, 3.8) is 0 Å². The van der Waals surface area contributed by atoms with Gasteiger partial charge in [-0.05, 0) is 19.1 Å². The number of ether oxygens (including phenoxy) is 1. The Morgan fingerprint density at radius 1 is 1.03 bits per heavy atom. The van der Waals surface area contributed by atoms with E-state index in [-0.39, 0.29) is 5.95 Å². The first-order valence-electron chi connectivity index (χ1n) is 9.22. The molecule has 2 aromatic heterocycles. The van der Waals surface area contributed by atoms with Crippen LogP contribution in [0, 0.1) is 0 Å². The average Bonchev–Trinajstić information content (AvgIpc) is 3.28. The molecular formula is C21H20N6O3. The van der Waals surface area contributed by atoms with Crippen molar-refractivity contribution in [3.05, 3.63) is 61.1 Å². The SMILES string of the molecule is COc1cc(Nc2nc(NC(C)O)nc(-c3ccccc3)n2)ccc1-c1cnco1. The zero-order chi connectivity index (χ0) is 20.9. The normalized spacial score (nSPS) is 11.7. The highest BCUT2D eigenvalue weighted by atomic mass is 16.5. The summed E-state index contributed by atoms with van der Waals surface area (Å²) < 4.78 is 10.9. The van der Waals surface area contributed by atoms with Crippen molar-refractivity contribution in [2.45, 2.75) is 13.2 Å². The van der Waals surface area contributed by atoms with Crippen LogP contribution in [0.15, 0.2) is 65.5 Å². The standard InChI is InChI=1S/C21H20N6O3/c1-13(28)23-20-25-19(14-6-4-3-5-7-14)26-21(27-20)24-15-8-9-16(17(10-15)29-2)18-11-22-12-30-18/h3-13,28H,1-2H3,(H2,23,24,25,26,27). The summed E-state index contributed by atoms with van der Waals surface area (Å²) in [6.07, 6.45) is 2.18. The lowest BCUT2D eigenvalue weighted by Crippen LogP contribution is -2.17. The van der Waals surface area contributed by atoms with Gasteiger partial charge in [-0.2, -0.15) is 15.0 Å². The number of hydrogen-bond acceptors (Lipinski definition) is 9. The Bertz CT molecular complexity index is 1120. The largest absolute Gasteiger partial charge is 0.496 e. The molecule has 0 aliphatic carbocycles. The number of aliphatic hydroxyl groups excluding tert-OH is 1. The molecule has 9 heteroatoms. The number of benzene rings is 2. The van der Waals surface area contributed by atoms with Gasteiger partial charge in [0.15, 0.2) is 18.0 Å². The molecule has 0 fully saturated rings. The van der Waals surface area contributed by atoms with E-state index >= 15 is 0 Å². The molecule has 0 bridgehead atoms. The van der Waals surface area contributed by atoms with Crippen molar-refractivity contribution < 1.29 is 14.3 Å². The highest BCUT2D eigenvalue weighted by molar-refractivity contribution is 5.71. The lowest BCUT2D eigenvalue weighted by Gasteiger charge is -2.13. The van der Waals surface area contributed by atoms with E-state index in [9.17, 15) is 5.11 Å². The Morgan fingerprint density at radius 3 is 2.53 bits per heavy atom. The Labute approximate surface area is 172 Å². The van der Waals surface area contributed by atoms with Crippen LogP contribution < -0.4 is 15.4 Å². The number of oxazole rings is 1. The summed E-state index contributed by atoms with van der Waals surface area (Å²) in [5.74, 6) is 2.26. The van der Waals surface area contributed by atoms with E-state index in [1.807, 2.05) is 48.5 Å². The zero-order valence-corrected chi connectivity index (χ0v) is 16.4. The van der Waals surface area contributed by atoms with Gasteiger partial charge < -0.3 is 24.9 Å². The van der Waals surface area contributed by atoms with Crippen LogP contribution in [0.4, 0.5) is 17.6 Å². The maximum Gasteiger partial charge on any atom is 0.232 e. The van der Waals surface area contributed by atoms with Crippen LogP contribution >= 0.6 is 0 Å². The molecule has 4 rings (SSSR count). The Balaban J connectivity index is 1.68. The molecule has 0 amide bonds. The van der Waals surface area contributed by atoms with Gasteiger partial charge in [-0.15, -0.1) is 0 Å². The van der Waals surface area contributed by atoms with Gasteiger partial charge in [-0.1, -0.05) is 30.3 Å². The summed E-state index contributed by atoms with van der Waals surface area (Å²) in [5, 5.41) is 15.6.